The number of carbonyl (C=O) groups excluding carboxylic acids is 1. The van der Waals surface area contributed by atoms with Gasteiger partial charge in [-0.05, 0) is 50.8 Å². The first-order valence-corrected chi connectivity index (χ1v) is 11.0. The van der Waals surface area contributed by atoms with E-state index in [1.807, 2.05) is 29.9 Å². The monoisotopic (exact) mass is 448 g/mol. The predicted octanol–water partition coefficient (Wildman–Crippen LogP) is 3.64. The van der Waals surface area contributed by atoms with Crippen LogP contribution in [0, 0.1) is 6.92 Å². The van der Waals surface area contributed by atoms with Crippen LogP contribution < -0.4 is 10.0 Å². The highest BCUT2D eigenvalue weighted by atomic mass is 16.5. The van der Waals surface area contributed by atoms with Gasteiger partial charge in [-0.25, -0.2) is 4.98 Å². The SMILES string of the molecule is Cc1cccc(C(=O)Nc2cc3cn([C@H]4CC[C@](C)(O)CC4)nc3cc2-c2ncco2)[n+]1O. The second-order valence-corrected chi connectivity index (χ2v) is 8.95. The van der Waals surface area contributed by atoms with E-state index in [-0.39, 0.29) is 11.7 Å². The lowest BCUT2D eigenvalue weighted by Gasteiger charge is -2.33. The molecule has 33 heavy (non-hydrogen) atoms. The van der Waals surface area contributed by atoms with E-state index in [0.29, 0.717) is 22.8 Å². The Hall–Kier alpha value is -3.72. The first kappa shape index (κ1) is 21.1. The molecule has 9 nitrogen and oxygen atoms in total. The van der Waals surface area contributed by atoms with Gasteiger partial charge in [-0.3, -0.25) is 14.7 Å². The Bertz CT molecular complexity index is 1320. The quantitative estimate of drug-likeness (QED) is 0.324. The fourth-order valence-corrected chi connectivity index (χ4v) is 4.37. The zero-order chi connectivity index (χ0) is 23.2. The number of oxazole rings is 1. The smallest absolute Gasteiger partial charge is 0.325 e. The standard InChI is InChI=1S/C24H25N5O4/c1-15-4-3-5-21(29(15)32)22(30)26-20-12-16-14-28(17-6-8-24(2,31)9-7-17)27-19(16)13-18(20)23-25-10-11-33-23/h3-5,10-14,17,31H,6-9H2,1-2H3,(H-,26,30,32)/p+1/t17-,24-. The topological polar surface area (TPSA) is 117 Å². The molecule has 1 aliphatic carbocycles. The summed E-state index contributed by atoms with van der Waals surface area (Å²) in [6, 6.07) is 8.85. The molecule has 3 heterocycles. The number of aliphatic hydroxyl groups is 1. The van der Waals surface area contributed by atoms with Crippen LogP contribution in [0.2, 0.25) is 0 Å². The Morgan fingerprint density at radius 3 is 2.82 bits per heavy atom. The minimum absolute atomic E-state index is 0.110. The molecule has 3 aromatic heterocycles. The molecule has 9 heteroatoms. The van der Waals surface area contributed by atoms with Gasteiger partial charge in [0.05, 0.1) is 34.6 Å². The zero-order valence-electron chi connectivity index (χ0n) is 18.5. The highest BCUT2D eigenvalue weighted by Crippen LogP contribution is 2.36. The number of hydrogen-bond donors (Lipinski definition) is 3. The summed E-state index contributed by atoms with van der Waals surface area (Å²) in [4.78, 5) is 17.2. The normalized spacial score (nSPS) is 20.8. The van der Waals surface area contributed by atoms with E-state index in [1.54, 1.807) is 31.3 Å². The molecule has 4 aromatic rings. The van der Waals surface area contributed by atoms with Crippen molar-refractivity contribution in [2.75, 3.05) is 5.32 Å². The summed E-state index contributed by atoms with van der Waals surface area (Å²) < 4.78 is 8.31. The van der Waals surface area contributed by atoms with Crippen LogP contribution in [0.25, 0.3) is 22.4 Å². The molecule has 0 unspecified atom stereocenters. The van der Waals surface area contributed by atoms with Crippen molar-refractivity contribution in [3.05, 3.63) is 60.4 Å². The molecule has 1 aliphatic rings. The third kappa shape index (κ3) is 4.07. The fraction of sp³-hybridized carbons (Fsp3) is 0.333. The molecule has 1 aromatic carbocycles. The summed E-state index contributed by atoms with van der Waals surface area (Å²) in [6.45, 7) is 3.59. The van der Waals surface area contributed by atoms with Gasteiger partial charge in [-0.2, -0.15) is 5.10 Å². The first-order chi connectivity index (χ1) is 15.8. The maximum atomic E-state index is 13.0. The highest BCUT2D eigenvalue weighted by molar-refractivity contribution is 6.05. The maximum Gasteiger partial charge on any atom is 0.325 e. The maximum absolute atomic E-state index is 13.0. The van der Waals surface area contributed by atoms with E-state index in [4.69, 9.17) is 9.52 Å². The van der Waals surface area contributed by atoms with Gasteiger partial charge in [0.25, 0.3) is 0 Å². The van der Waals surface area contributed by atoms with Crippen LogP contribution in [0.15, 0.2) is 53.4 Å². The van der Waals surface area contributed by atoms with E-state index < -0.39 is 11.5 Å². The summed E-state index contributed by atoms with van der Waals surface area (Å²) >= 11 is 0. The molecule has 0 saturated heterocycles. The second kappa shape index (κ2) is 8.00. The third-order valence-electron chi connectivity index (χ3n) is 6.37. The van der Waals surface area contributed by atoms with Crippen molar-refractivity contribution in [2.24, 2.45) is 0 Å². The Kier molecular flexibility index (Phi) is 5.13. The molecule has 0 bridgehead atoms. The van der Waals surface area contributed by atoms with Crippen molar-refractivity contribution in [3.8, 4) is 11.5 Å². The molecular formula is C24H26N5O4+. The van der Waals surface area contributed by atoms with Gasteiger partial charge >= 0.3 is 11.6 Å². The number of benzene rings is 1. The molecule has 5 rings (SSSR count). The van der Waals surface area contributed by atoms with Gasteiger partial charge in [-0.15, -0.1) is 0 Å². The Morgan fingerprint density at radius 1 is 1.30 bits per heavy atom. The Balaban J connectivity index is 1.52. The Labute approximate surface area is 190 Å². The van der Waals surface area contributed by atoms with Crippen molar-refractivity contribution in [3.63, 3.8) is 0 Å². The molecule has 1 amide bonds. The van der Waals surface area contributed by atoms with Gasteiger partial charge < -0.3 is 14.8 Å². The lowest BCUT2D eigenvalue weighted by atomic mass is 9.84. The number of anilines is 1. The molecule has 0 spiro atoms. The molecular weight excluding hydrogens is 422 g/mol. The van der Waals surface area contributed by atoms with Crippen LogP contribution in [-0.2, 0) is 0 Å². The van der Waals surface area contributed by atoms with Crippen LogP contribution in [0.3, 0.4) is 0 Å². The van der Waals surface area contributed by atoms with Gasteiger partial charge in [0.15, 0.2) is 0 Å². The Morgan fingerprint density at radius 2 is 2.09 bits per heavy atom. The van der Waals surface area contributed by atoms with Crippen molar-refractivity contribution >= 4 is 22.5 Å². The lowest BCUT2D eigenvalue weighted by Crippen LogP contribution is -2.42. The minimum Gasteiger partial charge on any atom is -0.444 e. The van der Waals surface area contributed by atoms with Crippen LogP contribution in [0.4, 0.5) is 5.69 Å². The summed E-state index contributed by atoms with van der Waals surface area (Å²) in [6.07, 6.45) is 8.14. The summed E-state index contributed by atoms with van der Waals surface area (Å²) in [7, 11) is 0. The average Bonchev–Trinajstić information content (AvgIpc) is 3.44. The average molecular weight is 449 g/mol. The van der Waals surface area contributed by atoms with Crippen LogP contribution in [0.1, 0.15) is 54.8 Å². The molecule has 0 radical (unpaired) electrons. The minimum atomic E-state index is -0.613. The summed E-state index contributed by atoms with van der Waals surface area (Å²) in [5, 5.41) is 29.0. The molecule has 170 valence electrons. The van der Waals surface area contributed by atoms with Crippen molar-refractivity contribution in [2.45, 2.75) is 51.2 Å². The number of fused-ring (bicyclic) bond motifs is 1. The number of pyridine rings is 1. The third-order valence-corrected chi connectivity index (χ3v) is 6.37. The lowest BCUT2D eigenvalue weighted by molar-refractivity contribution is -0.909. The van der Waals surface area contributed by atoms with Gasteiger partial charge in [-0.1, -0.05) is 0 Å². The number of aromatic nitrogens is 4. The second-order valence-electron chi connectivity index (χ2n) is 8.95. The van der Waals surface area contributed by atoms with Crippen molar-refractivity contribution in [1.29, 1.82) is 0 Å². The fourth-order valence-electron chi connectivity index (χ4n) is 4.37. The van der Waals surface area contributed by atoms with Gasteiger partial charge in [0.1, 0.15) is 6.26 Å². The molecule has 0 aliphatic heterocycles. The molecule has 0 atom stereocenters. The number of aryl methyl sites for hydroxylation is 1. The summed E-state index contributed by atoms with van der Waals surface area (Å²) in [5.41, 5.74) is 1.89. The molecule has 1 saturated carbocycles. The van der Waals surface area contributed by atoms with Gasteiger partial charge in [0.2, 0.25) is 11.6 Å². The van der Waals surface area contributed by atoms with Crippen LogP contribution >= 0.6 is 0 Å². The van der Waals surface area contributed by atoms with Crippen molar-refractivity contribution < 1.29 is 24.3 Å². The van der Waals surface area contributed by atoms with E-state index >= 15 is 0 Å². The highest BCUT2D eigenvalue weighted by Gasteiger charge is 2.30. The first-order valence-electron chi connectivity index (χ1n) is 11.0. The number of carbonyl (C=O) groups is 1. The van der Waals surface area contributed by atoms with E-state index in [9.17, 15) is 15.1 Å². The van der Waals surface area contributed by atoms with Crippen molar-refractivity contribution in [1.82, 2.24) is 14.8 Å². The number of rotatable bonds is 4. The number of nitrogens with zero attached hydrogens (tertiary/aromatic N) is 4. The molecule has 1 fully saturated rings. The van der Waals surface area contributed by atoms with Gasteiger partial charge in [0, 0.05) is 35.4 Å². The summed E-state index contributed by atoms with van der Waals surface area (Å²) in [5.74, 6) is -0.105. The number of amides is 1. The number of nitrogens with one attached hydrogen (secondary N) is 1. The zero-order valence-corrected chi connectivity index (χ0v) is 18.5. The largest absolute Gasteiger partial charge is 0.444 e. The predicted molar refractivity (Wildman–Crippen MR) is 120 cm³/mol. The van der Waals surface area contributed by atoms with E-state index in [1.165, 1.54) is 6.26 Å². The van der Waals surface area contributed by atoms with Crippen LogP contribution in [-0.4, -0.2) is 36.6 Å². The molecule has 3 N–H and O–H groups in total. The van der Waals surface area contributed by atoms with E-state index in [0.717, 1.165) is 41.3 Å². The van der Waals surface area contributed by atoms with Crippen LogP contribution in [0.5, 0.6) is 0 Å². The number of hydrogen-bond acceptors (Lipinski definition) is 6. The van der Waals surface area contributed by atoms with E-state index in [2.05, 4.69) is 10.3 Å².